The third-order valence-corrected chi connectivity index (χ3v) is 1.75. The van der Waals surface area contributed by atoms with E-state index in [1.54, 1.807) is 0 Å². The van der Waals surface area contributed by atoms with Crippen molar-refractivity contribution >= 4 is 16.9 Å². The summed E-state index contributed by atoms with van der Waals surface area (Å²) >= 11 is 0. The predicted molar refractivity (Wildman–Crippen MR) is 53.6 cm³/mol. The Labute approximate surface area is 111 Å². The normalized spacial score (nSPS) is 8.60. The molecule has 1 aromatic carbocycles. The van der Waals surface area contributed by atoms with Crippen LogP contribution >= 0.6 is 0 Å². The van der Waals surface area contributed by atoms with Crippen LogP contribution in [0, 0.1) is 0 Å². The first-order chi connectivity index (χ1) is 6.74. The number of aromatic amines is 1. The maximum atomic E-state index is 9.26. The zero-order valence-corrected chi connectivity index (χ0v) is 11.0. The summed E-state index contributed by atoms with van der Waals surface area (Å²) in [4.78, 5) is 12.4. The Kier molecular flexibility index (Phi) is 7.13. The molecular formula is C11H12NNaO2. The van der Waals surface area contributed by atoms with Crippen LogP contribution in [-0.2, 0) is 4.79 Å². The fourth-order valence-electron chi connectivity index (χ4n) is 0.995. The number of para-hydroxylation sites is 1. The smallest absolute Gasteiger partial charge is 0.550 e. The van der Waals surface area contributed by atoms with Crippen molar-refractivity contribution < 1.29 is 39.5 Å². The van der Waals surface area contributed by atoms with Crippen molar-refractivity contribution in [3.8, 4) is 0 Å². The Morgan fingerprint density at radius 1 is 1.33 bits per heavy atom. The van der Waals surface area contributed by atoms with E-state index in [2.05, 4.69) is 23.2 Å². The van der Waals surface area contributed by atoms with Gasteiger partial charge in [-0.1, -0.05) is 25.1 Å². The van der Waals surface area contributed by atoms with E-state index in [9.17, 15) is 9.90 Å². The number of nitrogens with one attached hydrogen (secondary N) is 1. The van der Waals surface area contributed by atoms with E-state index in [1.807, 2.05) is 18.3 Å². The first kappa shape index (κ1) is 14.2. The Balaban J connectivity index is 0.000000289. The average Bonchev–Trinajstić information content (AvgIpc) is 2.66. The summed E-state index contributed by atoms with van der Waals surface area (Å²) in [6.45, 7) is 1.54. The van der Waals surface area contributed by atoms with Crippen molar-refractivity contribution in [2.75, 3.05) is 0 Å². The second kappa shape index (κ2) is 7.51. The summed E-state index contributed by atoms with van der Waals surface area (Å²) < 4.78 is 0. The molecule has 0 unspecified atom stereocenters. The van der Waals surface area contributed by atoms with E-state index >= 15 is 0 Å². The first-order valence-corrected chi connectivity index (χ1v) is 4.46. The summed E-state index contributed by atoms with van der Waals surface area (Å²) in [6.07, 6.45) is 2.06. The number of carboxylic acid groups (broad SMARTS) is 1. The minimum absolute atomic E-state index is 0. The van der Waals surface area contributed by atoms with Crippen LogP contribution in [0.1, 0.15) is 13.3 Å². The largest absolute Gasteiger partial charge is 1.00 e. The molecule has 0 radical (unpaired) electrons. The van der Waals surface area contributed by atoms with Crippen LogP contribution in [0.4, 0.5) is 0 Å². The van der Waals surface area contributed by atoms with Crippen LogP contribution in [0.15, 0.2) is 36.5 Å². The van der Waals surface area contributed by atoms with Gasteiger partial charge in [-0.3, -0.25) is 0 Å². The zero-order chi connectivity index (χ0) is 10.4. The fourth-order valence-corrected chi connectivity index (χ4v) is 0.995. The molecule has 4 heteroatoms. The van der Waals surface area contributed by atoms with E-state index in [1.165, 1.54) is 17.8 Å². The molecule has 0 aliphatic rings. The molecule has 0 atom stereocenters. The molecule has 2 aromatic rings. The van der Waals surface area contributed by atoms with Crippen LogP contribution < -0.4 is 34.7 Å². The van der Waals surface area contributed by atoms with Crippen LogP contribution in [0.2, 0.25) is 0 Å². The number of aromatic nitrogens is 1. The maximum Gasteiger partial charge on any atom is 1.00 e. The minimum Gasteiger partial charge on any atom is -0.550 e. The number of carboxylic acids is 1. The number of carbonyl (C=O) groups is 1. The van der Waals surface area contributed by atoms with Gasteiger partial charge in [0.15, 0.2) is 0 Å². The molecule has 0 saturated carbocycles. The molecule has 0 bridgehead atoms. The number of fused-ring (bicyclic) bond motifs is 1. The van der Waals surface area contributed by atoms with Crippen molar-refractivity contribution in [1.29, 1.82) is 0 Å². The third-order valence-electron chi connectivity index (χ3n) is 1.75. The Bertz CT molecular complexity index is 381. The SMILES string of the molecule is CCC(=O)[O-].[Na+].c1ccc2[nH]ccc2c1. The summed E-state index contributed by atoms with van der Waals surface area (Å²) in [5.74, 6) is -0.995. The van der Waals surface area contributed by atoms with Gasteiger partial charge in [-0.05, 0) is 23.9 Å². The molecule has 0 aliphatic carbocycles. The first-order valence-electron chi connectivity index (χ1n) is 4.46. The fraction of sp³-hybridized carbons (Fsp3) is 0.182. The van der Waals surface area contributed by atoms with Gasteiger partial charge in [-0.15, -0.1) is 0 Å². The maximum absolute atomic E-state index is 9.26. The quantitative estimate of drug-likeness (QED) is 0.575. The molecule has 0 spiro atoms. The summed E-state index contributed by atoms with van der Waals surface area (Å²) in [5.41, 5.74) is 1.21. The van der Waals surface area contributed by atoms with Gasteiger partial charge in [0.1, 0.15) is 0 Å². The number of hydrogen-bond acceptors (Lipinski definition) is 2. The average molecular weight is 213 g/mol. The molecule has 1 aromatic heterocycles. The van der Waals surface area contributed by atoms with E-state index < -0.39 is 5.97 Å². The van der Waals surface area contributed by atoms with Crippen molar-refractivity contribution in [1.82, 2.24) is 4.98 Å². The number of benzene rings is 1. The number of rotatable bonds is 1. The Morgan fingerprint density at radius 3 is 2.47 bits per heavy atom. The number of carbonyl (C=O) groups excluding carboxylic acids is 1. The van der Waals surface area contributed by atoms with Gasteiger partial charge in [0.2, 0.25) is 0 Å². The molecule has 3 nitrogen and oxygen atoms in total. The number of aliphatic carboxylic acids is 1. The van der Waals surface area contributed by atoms with Gasteiger partial charge in [0, 0.05) is 17.7 Å². The molecule has 0 aliphatic heterocycles. The molecule has 0 fully saturated rings. The van der Waals surface area contributed by atoms with E-state index in [0.717, 1.165) is 0 Å². The van der Waals surface area contributed by atoms with Gasteiger partial charge in [0.25, 0.3) is 0 Å². The molecular weight excluding hydrogens is 201 g/mol. The molecule has 0 saturated heterocycles. The van der Waals surface area contributed by atoms with Gasteiger partial charge >= 0.3 is 29.6 Å². The second-order valence-corrected chi connectivity index (χ2v) is 2.79. The molecule has 0 amide bonds. The Hall–Kier alpha value is -0.770. The van der Waals surface area contributed by atoms with Crippen LogP contribution in [0.25, 0.3) is 10.9 Å². The topological polar surface area (TPSA) is 55.9 Å². The van der Waals surface area contributed by atoms with Gasteiger partial charge in [-0.2, -0.15) is 0 Å². The summed E-state index contributed by atoms with van der Waals surface area (Å²) in [7, 11) is 0. The molecule has 15 heavy (non-hydrogen) atoms. The van der Waals surface area contributed by atoms with E-state index in [0.29, 0.717) is 0 Å². The zero-order valence-electron chi connectivity index (χ0n) is 8.99. The molecule has 1 heterocycles. The van der Waals surface area contributed by atoms with Gasteiger partial charge < -0.3 is 14.9 Å². The van der Waals surface area contributed by atoms with Crippen molar-refractivity contribution in [2.24, 2.45) is 0 Å². The van der Waals surface area contributed by atoms with Crippen molar-refractivity contribution in [2.45, 2.75) is 13.3 Å². The van der Waals surface area contributed by atoms with Crippen LogP contribution in [0.5, 0.6) is 0 Å². The molecule has 2 rings (SSSR count). The molecule has 74 valence electrons. The number of H-pyrrole nitrogens is 1. The van der Waals surface area contributed by atoms with E-state index in [-0.39, 0.29) is 36.0 Å². The predicted octanol–water partition coefficient (Wildman–Crippen LogP) is -1.68. The van der Waals surface area contributed by atoms with E-state index in [4.69, 9.17) is 0 Å². The summed E-state index contributed by atoms with van der Waals surface area (Å²) in [6, 6.07) is 10.3. The Morgan fingerprint density at radius 2 is 1.93 bits per heavy atom. The summed E-state index contributed by atoms with van der Waals surface area (Å²) in [5, 5.41) is 10.5. The van der Waals surface area contributed by atoms with Crippen LogP contribution in [0.3, 0.4) is 0 Å². The molecule has 1 N–H and O–H groups in total. The van der Waals surface area contributed by atoms with Crippen molar-refractivity contribution in [3.63, 3.8) is 0 Å². The van der Waals surface area contributed by atoms with Gasteiger partial charge in [-0.25, -0.2) is 0 Å². The second-order valence-electron chi connectivity index (χ2n) is 2.79. The number of hydrogen-bond donors (Lipinski definition) is 1. The van der Waals surface area contributed by atoms with Crippen LogP contribution in [-0.4, -0.2) is 11.0 Å². The third kappa shape index (κ3) is 5.02. The monoisotopic (exact) mass is 213 g/mol. The standard InChI is InChI=1S/C8H7N.C3H6O2.Na/c1-2-4-8-7(3-1)5-6-9-8;1-2-3(4)5;/h1-6,9H;2H2,1H3,(H,4,5);/q;;+1/p-1. The van der Waals surface area contributed by atoms with Crippen molar-refractivity contribution in [3.05, 3.63) is 36.5 Å². The minimum atomic E-state index is -0.995. The van der Waals surface area contributed by atoms with Gasteiger partial charge in [0.05, 0.1) is 0 Å².